The number of benzene rings is 2. The number of hydrogen-bond acceptors (Lipinski definition) is 2. The first-order chi connectivity index (χ1) is 9.56. The van der Waals surface area contributed by atoms with Gasteiger partial charge in [0.1, 0.15) is 10.8 Å². The molecule has 0 spiro atoms. The Bertz CT molecular complexity index is 596. The minimum absolute atomic E-state index is 0.213. The second-order valence-corrected chi connectivity index (χ2v) is 5.26. The Morgan fingerprint density at radius 1 is 1.10 bits per heavy atom. The van der Waals surface area contributed by atoms with Crippen LogP contribution in [-0.4, -0.2) is 16.9 Å². The third-order valence-electron chi connectivity index (χ3n) is 3.09. The van der Waals surface area contributed by atoms with Crippen molar-refractivity contribution >= 4 is 17.2 Å². The van der Waals surface area contributed by atoms with Gasteiger partial charge in [-0.05, 0) is 30.3 Å². The Kier molecular flexibility index (Phi) is 4.82. The van der Waals surface area contributed by atoms with Gasteiger partial charge in [-0.1, -0.05) is 48.6 Å². The lowest BCUT2D eigenvalue weighted by molar-refractivity contribution is 0.319. The molecule has 0 aromatic heterocycles. The van der Waals surface area contributed by atoms with Crippen molar-refractivity contribution in [2.24, 2.45) is 5.73 Å². The van der Waals surface area contributed by atoms with Crippen LogP contribution < -0.4 is 5.73 Å². The van der Waals surface area contributed by atoms with Crippen molar-refractivity contribution in [3.8, 4) is 0 Å². The maximum atomic E-state index is 12.9. The molecule has 20 heavy (non-hydrogen) atoms. The molecule has 4 heteroatoms. The van der Waals surface area contributed by atoms with Gasteiger partial charge in [0.25, 0.3) is 0 Å². The quantitative estimate of drug-likeness (QED) is 0.857. The number of rotatable bonds is 5. The molecule has 0 heterocycles. The molecule has 0 aliphatic heterocycles. The maximum Gasteiger partial charge on any atom is 0.123 e. The van der Waals surface area contributed by atoms with Gasteiger partial charge in [0.05, 0.1) is 0 Å². The normalized spacial score (nSPS) is 10.8. The molecule has 0 unspecified atom stereocenters. The second-order valence-electron chi connectivity index (χ2n) is 4.82. The monoisotopic (exact) mass is 288 g/mol. The molecular weight excluding hydrogens is 271 g/mol. The molecule has 0 amide bonds. The summed E-state index contributed by atoms with van der Waals surface area (Å²) in [4.78, 5) is 2.56. The summed E-state index contributed by atoms with van der Waals surface area (Å²) in [5, 5.41) is 0. The molecule has 0 atom stereocenters. The van der Waals surface area contributed by atoms with Crippen LogP contribution in [0.3, 0.4) is 0 Å². The average Bonchev–Trinajstić information content (AvgIpc) is 2.41. The van der Waals surface area contributed by atoms with Crippen molar-refractivity contribution in [1.29, 1.82) is 0 Å². The van der Waals surface area contributed by atoms with E-state index in [2.05, 4.69) is 4.90 Å². The molecule has 0 saturated heterocycles. The SMILES string of the molecule is CN(Cc1ccc(F)cc1)Cc1ccccc1C(N)=S. The third-order valence-corrected chi connectivity index (χ3v) is 3.31. The highest BCUT2D eigenvalue weighted by Gasteiger charge is 2.07. The van der Waals surface area contributed by atoms with Gasteiger partial charge in [-0.15, -0.1) is 0 Å². The van der Waals surface area contributed by atoms with E-state index in [-0.39, 0.29) is 5.82 Å². The standard InChI is InChI=1S/C16H17FN2S/c1-19(10-12-6-8-14(17)9-7-12)11-13-4-2-3-5-15(13)16(18)20/h2-9H,10-11H2,1H3,(H2,18,20). The first-order valence-corrected chi connectivity index (χ1v) is 6.78. The highest BCUT2D eigenvalue weighted by Crippen LogP contribution is 2.13. The Hall–Kier alpha value is -1.78. The Morgan fingerprint density at radius 2 is 1.75 bits per heavy atom. The van der Waals surface area contributed by atoms with Gasteiger partial charge in [0.15, 0.2) is 0 Å². The number of halogens is 1. The van der Waals surface area contributed by atoms with Crippen molar-refractivity contribution in [1.82, 2.24) is 4.90 Å². The van der Waals surface area contributed by atoms with Crippen LogP contribution in [0.5, 0.6) is 0 Å². The fraction of sp³-hybridized carbons (Fsp3) is 0.188. The zero-order valence-electron chi connectivity index (χ0n) is 11.3. The van der Waals surface area contributed by atoms with E-state index >= 15 is 0 Å². The Balaban J connectivity index is 2.06. The summed E-state index contributed by atoms with van der Waals surface area (Å²) in [6.07, 6.45) is 0. The van der Waals surface area contributed by atoms with E-state index in [0.717, 1.165) is 29.8 Å². The number of nitrogens with two attached hydrogens (primary N) is 1. The molecule has 2 N–H and O–H groups in total. The predicted octanol–water partition coefficient (Wildman–Crippen LogP) is 3.09. The highest BCUT2D eigenvalue weighted by atomic mass is 32.1. The highest BCUT2D eigenvalue weighted by molar-refractivity contribution is 7.80. The van der Waals surface area contributed by atoms with E-state index in [0.29, 0.717) is 4.99 Å². The summed E-state index contributed by atoms with van der Waals surface area (Å²) in [7, 11) is 2.01. The summed E-state index contributed by atoms with van der Waals surface area (Å²) >= 11 is 5.06. The van der Waals surface area contributed by atoms with Gasteiger partial charge in [0, 0.05) is 18.7 Å². The largest absolute Gasteiger partial charge is 0.389 e. The summed E-state index contributed by atoms with van der Waals surface area (Å²) in [6, 6.07) is 14.4. The summed E-state index contributed by atoms with van der Waals surface area (Å²) in [5.41, 5.74) is 8.81. The van der Waals surface area contributed by atoms with E-state index in [1.54, 1.807) is 12.1 Å². The van der Waals surface area contributed by atoms with Crippen molar-refractivity contribution in [3.05, 3.63) is 71.0 Å². The minimum Gasteiger partial charge on any atom is -0.389 e. The molecule has 2 aromatic carbocycles. The van der Waals surface area contributed by atoms with Gasteiger partial charge in [0.2, 0.25) is 0 Å². The van der Waals surface area contributed by atoms with E-state index in [4.69, 9.17) is 18.0 Å². The molecule has 2 rings (SSSR count). The molecule has 0 aliphatic rings. The molecule has 104 valence electrons. The molecule has 2 nitrogen and oxygen atoms in total. The topological polar surface area (TPSA) is 29.3 Å². The number of thiocarbonyl (C=S) groups is 1. The lowest BCUT2D eigenvalue weighted by atomic mass is 10.1. The van der Waals surface area contributed by atoms with Gasteiger partial charge < -0.3 is 5.73 Å². The summed E-state index contributed by atoms with van der Waals surface area (Å²) in [5.74, 6) is -0.213. The zero-order chi connectivity index (χ0) is 14.5. The minimum atomic E-state index is -0.213. The van der Waals surface area contributed by atoms with Gasteiger partial charge >= 0.3 is 0 Å². The molecule has 0 bridgehead atoms. The van der Waals surface area contributed by atoms with Crippen LogP contribution >= 0.6 is 12.2 Å². The smallest absolute Gasteiger partial charge is 0.123 e. The van der Waals surface area contributed by atoms with Crippen molar-refractivity contribution in [2.45, 2.75) is 13.1 Å². The van der Waals surface area contributed by atoms with Crippen LogP contribution in [0.2, 0.25) is 0 Å². The van der Waals surface area contributed by atoms with Crippen LogP contribution in [-0.2, 0) is 13.1 Å². The first kappa shape index (κ1) is 14.6. The molecule has 0 aliphatic carbocycles. The van der Waals surface area contributed by atoms with Crippen LogP contribution in [0.25, 0.3) is 0 Å². The van der Waals surface area contributed by atoms with E-state index in [1.165, 1.54) is 12.1 Å². The first-order valence-electron chi connectivity index (χ1n) is 6.37. The maximum absolute atomic E-state index is 12.9. The zero-order valence-corrected chi connectivity index (χ0v) is 12.2. The fourth-order valence-electron chi connectivity index (χ4n) is 2.15. The Labute approximate surface area is 124 Å². The van der Waals surface area contributed by atoms with Crippen molar-refractivity contribution in [2.75, 3.05) is 7.05 Å². The Morgan fingerprint density at radius 3 is 2.40 bits per heavy atom. The third kappa shape index (κ3) is 3.85. The van der Waals surface area contributed by atoms with Crippen LogP contribution in [0, 0.1) is 5.82 Å². The number of nitrogens with zero attached hydrogens (tertiary/aromatic N) is 1. The van der Waals surface area contributed by atoms with E-state index in [1.807, 2.05) is 31.3 Å². The van der Waals surface area contributed by atoms with Crippen LogP contribution in [0.4, 0.5) is 4.39 Å². The molecule has 0 saturated carbocycles. The summed E-state index contributed by atoms with van der Waals surface area (Å²) in [6.45, 7) is 1.48. The lowest BCUT2D eigenvalue weighted by Gasteiger charge is -2.18. The average molecular weight is 288 g/mol. The van der Waals surface area contributed by atoms with Crippen LogP contribution in [0.1, 0.15) is 16.7 Å². The van der Waals surface area contributed by atoms with Crippen molar-refractivity contribution < 1.29 is 4.39 Å². The van der Waals surface area contributed by atoms with E-state index < -0.39 is 0 Å². The predicted molar refractivity (Wildman–Crippen MR) is 83.9 cm³/mol. The van der Waals surface area contributed by atoms with Gasteiger partial charge in [-0.3, -0.25) is 4.90 Å². The molecule has 2 aromatic rings. The molecule has 0 fully saturated rings. The van der Waals surface area contributed by atoms with Crippen molar-refractivity contribution in [3.63, 3.8) is 0 Å². The summed E-state index contributed by atoms with van der Waals surface area (Å²) < 4.78 is 12.9. The van der Waals surface area contributed by atoms with Gasteiger partial charge in [-0.25, -0.2) is 4.39 Å². The molecule has 0 radical (unpaired) electrons. The second kappa shape index (κ2) is 6.59. The fourth-order valence-corrected chi connectivity index (χ4v) is 2.35. The van der Waals surface area contributed by atoms with E-state index in [9.17, 15) is 4.39 Å². The lowest BCUT2D eigenvalue weighted by Crippen LogP contribution is -2.20. The van der Waals surface area contributed by atoms with Crippen LogP contribution in [0.15, 0.2) is 48.5 Å². The number of hydrogen-bond donors (Lipinski definition) is 1. The molecular formula is C16H17FN2S. The van der Waals surface area contributed by atoms with Gasteiger partial charge in [-0.2, -0.15) is 0 Å².